The maximum atomic E-state index is 13.1. The van der Waals surface area contributed by atoms with Crippen LogP contribution in [0.4, 0.5) is 8.78 Å². The maximum Gasteiger partial charge on any atom is 0.202 e. The summed E-state index contributed by atoms with van der Waals surface area (Å²) in [4.78, 5) is 0. The normalized spacial score (nSPS) is 13.9. The van der Waals surface area contributed by atoms with Gasteiger partial charge in [0.05, 0.1) is 0 Å². The molecule has 1 nitrogen and oxygen atoms in total. The second kappa shape index (κ2) is 7.82. The smallest absolute Gasteiger partial charge is 0.202 e. The molecular weight excluding hydrogens is 334 g/mol. The average Bonchev–Trinajstić information content (AvgIpc) is 2.18. The Kier molecular flexibility index (Phi) is 7.60. The Labute approximate surface area is 104 Å². The molecule has 0 aromatic carbocycles. The van der Waals surface area contributed by atoms with Crippen LogP contribution in [-0.4, -0.2) is 0 Å². The minimum atomic E-state index is -0.562. The molecule has 0 aliphatic heterocycles. The minimum absolute atomic E-state index is 0.0178. The molecule has 0 spiro atoms. The van der Waals surface area contributed by atoms with Crippen LogP contribution in [0.15, 0.2) is 46.3 Å². The molecule has 0 aromatic heterocycles. The Balaban J connectivity index is 4.58. The van der Waals surface area contributed by atoms with E-state index < -0.39 is 11.7 Å². The van der Waals surface area contributed by atoms with E-state index in [9.17, 15) is 8.78 Å². The van der Waals surface area contributed by atoms with Crippen molar-refractivity contribution >= 4 is 31.9 Å². The molecule has 0 amide bonds. The summed E-state index contributed by atoms with van der Waals surface area (Å²) in [7, 11) is 0. The molecular formula is C10H10Br2F2O. The Morgan fingerprint density at radius 3 is 1.60 bits per heavy atom. The van der Waals surface area contributed by atoms with Crippen molar-refractivity contribution in [3.05, 3.63) is 46.3 Å². The first kappa shape index (κ1) is 14.6. The number of allylic oxidation sites excluding steroid dienone is 4. The van der Waals surface area contributed by atoms with Gasteiger partial charge < -0.3 is 4.74 Å². The quantitative estimate of drug-likeness (QED) is 0.474. The molecule has 84 valence electrons. The first-order valence-corrected chi connectivity index (χ1v) is 5.59. The summed E-state index contributed by atoms with van der Waals surface area (Å²) in [6, 6.07) is 0. The SMILES string of the molecule is C=CCC(F)=C(Br)OC(Br)=C(F)CC=C. The summed E-state index contributed by atoms with van der Waals surface area (Å²) in [5.41, 5.74) is 0. The van der Waals surface area contributed by atoms with Crippen molar-refractivity contribution in [2.75, 3.05) is 0 Å². The molecule has 5 heteroatoms. The standard InChI is InChI=1S/C10H10Br2F2O/c1-3-5-7(13)9(11)15-10(12)8(14)6-4-2/h3-4H,1-2,5-6H2. The summed E-state index contributed by atoms with van der Waals surface area (Å²) in [6.45, 7) is 6.73. The summed E-state index contributed by atoms with van der Waals surface area (Å²) >= 11 is 5.68. The van der Waals surface area contributed by atoms with E-state index in [0.717, 1.165) is 0 Å². The highest BCUT2D eigenvalue weighted by Crippen LogP contribution is 2.27. The van der Waals surface area contributed by atoms with Crippen molar-refractivity contribution in [1.82, 2.24) is 0 Å². The molecule has 0 rings (SSSR count). The molecule has 0 N–H and O–H groups in total. The van der Waals surface area contributed by atoms with Gasteiger partial charge in [-0.1, -0.05) is 12.2 Å². The van der Waals surface area contributed by atoms with Crippen LogP contribution in [0.1, 0.15) is 12.8 Å². The fraction of sp³-hybridized carbons (Fsp3) is 0.200. The van der Waals surface area contributed by atoms with Crippen molar-refractivity contribution in [2.45, 2.75) is 12.8 Å². The van der Waals surface area contributed by atoms with Crippen LogP contribution in [0.2, 0.25) is 0 Å². The van der Waals surface area contributed by atoms with Crippen molar-refractivity contribution in [2.24, 2.45) is 0 Å². The van der Waals surface area contributed by atoms with E-state index in [0.29, 0.717) is 0 Å². The predicted octanol–water partition coefficient (Wildman–Crippen LogP) is 5.22. The molecule has 0 saturated heterocycles. The lowest BCUT2D eigenvalue weighted by molar-refractivity contribution is 0.339. The van der Waals surface area contributed by atoms with Crippen LogP contribution < -0.4 is 0 Å². The Morgan fingerprint density at radius 1 is 1.00 bits per heavy atom. The highest BCUT2D eigenvalue weighted by molar-refractivity contribution is 9.12. The van der Waals surface area contributed by atoms with E-state index in [1.807, 2.05) is 0 Å². The summed E-state index contributed by atoms with van der Waals surface area (Å²) in [5.74, 6) is -1.12. The Bertz CT molecular complexity index is 279. The van der Waals surface area contributed by atoms with Gasteiger partial charge in [-0.05, 0) is 31.9 Å². The molecule has 15 heavy (non-hydrogen) atoms. The largest absolute Gasteiger partial charge is 0.437 e. The van der Waals surface area contributed by atoms with Gasteiger partial charge in [-0.3, -0.25) is 0 Å². The topological polar surface area (TPSA) is 9.23 Å². The Morgan fingerprint density at radius 2 is 1.33 bits per heavy atom. The first-order chi connectivity index (χ1) is 7.02. The van der Waals surface area contributed by atoms with Gasteiger partial charge >= 0.3 is 0 Å². The third-order valence-electron chi connectivity index (χ3n) is 1.25. The number of halogens is 4. The third kappa shape index (κ3) is 5.89. The molecule has 0 unspecified atom stereocenters. The second-order valence-electron chi connectivity index (χ2n) is 2.44. The number of hydrogen-bond acceptors (Lipinski definition) is 1. The lowest BCUT2D eigenvalue weighted by atomic mass is 10.4. The Hall–Kier alpha value is -0.420. The minimum Gasteiger partial charge on any atom is -0.437 e. The molecule has 0 fully saturated rings. The van der Waals surface area contributed by atoms with E-state index in [1.54, 1.807) is 0 Å². The summed E-state index contributed by atoms with van der Waals surface area (Å²) in [5, 5.41) is 0. The number of hydrogen-bond donors (Lipinski definition) is 0. The van der Waals surface area contributed by atoms with Crippen LogP contribution in [0.3, 0.4) is 0 Å². The third-order valence-corrected chi connectivity index (χ3v) is 2.44. The van der Waals surface area contributed by atoms with Gasteiger partial charge in [0.25, 0.3) is 0 Å². The molecule has 0 aliphatic carbocycles. The van der Waals surface area contributed by atoms with E-state index in [2.05, 4.69) is 45.0 Å². The molecule has 0 saturated carbocycles. The van der Waals surface area contributed by atoms with Gasteiger partial charge in [-0.25, -0.2) is 8.78 Å². The molecule has 0 aliphatic rings. The van der Waals surface area contributed by atoms with Gasteiger partial charge in [0.1, 0.15) is 0 Å². The second-order valence-corrected chi connectivity index (χ2v) is 3.89. The van der Waals surface area contributed by atoms with Crippen molar-refractivity contribution in [3.63, 3.8) is 0 Å². The fourth-order valence-electron chi connectivity index (χ4n) is 0.603. The highest BCUT2D eigenvalue weighted by Gasteiger charge is 2.09. The van der Waals surface area contributed by atoms with Crippen molar-refractivity contribution in [3.8, 4) is 0 Å². The average molecular weight is 344 g/mol. The summed E-state index contributed by atoms with van der Waals surface area (Å²) < 4.78 is 30.6. The van der Waals surface area contributed by atoms with E-state index in [-0.39, 0.29) is 22.2 Å². The van der Waals surface area contributed by atoms with Crippen LogP contribution in [0, 0.1) is 0 Å². The molecule has 0 heterocycles. The predicted molar refractivity (Wildman–Crippen MR) is 64.8 cm³/mol. The number of ether oxygens (including phenoxy) is 1. The maximum absolute atomic E-state index is 13.1. The van der Waals surface area contributed by atoms with Gasteiger partial charge in [-0.15, -0.1) is 13.2 Å². The summed E-state index contributed by atoms with van der Waals surface area (Å²) in [6.07, 6.45) is 2.78. The number of rotatable bonds is 6. The fourth-order valence-corrected chi connectivity index (χ4v) is 1.47. The van der Waals surface area contributed by atoms with E-state index >= 15 is 0 Å². The van der Waals surface area contributed by atoms with Gasteiger partial charge in [0.2, 0.25) is 9.34 Å². The van der Waals surface area contributed by atoms with Gasteiger partial charge in [-0.2, -0.15) is 0 Å². The zero-order valence-corrected chi connectivity index (χ0v) is 11.1. The lowest BCUT2D eigenvalue weighted by Gasteiger charge is -2.04. The van der Waals surface area contributed by atoms with Gasteiger partial charge in [0, 0.05) is 12.8 Å². The molecule has 0 aromatic rings. The van der Waals surface area contributed by atoms with Gasteiger partial charge in [0.15, 0.2) is 11.7 Å². The van der Waals surface area contributed by atoms with E-state index in [1.165, 1.54) is 12.2 Å². The zero-order chi connectivity index (χ0) is 11.8. The first-order valence-electron chi connectivity index (χ1n) is 4.00. The monoisotopic (exact) mass is 342 g/mol. The molecule has 0 bridgehead atoms. The highest BCUT2D eigenvalue weighted by atomic mass is 79.9. The molecule has 0 atom stereocenters. The van der Waals surface area contributed by atoms with E-state index in [4.69, 9.17) is 4.74 Å². The van der Waals surface area contributed by atoms with Crippen molar-refractivity contribution < 1.29 is 13.5 Å². The van der Waals surface area contributed by atoms with Crippen LogP contribution in [0.25, 0.3) is 0 Å². The van der Waals surface area contributed by atoms with Crippen molar-refractivity contribution in [1.29, 1.82) is 0 Å². The molecule has 0 radical (unpaired) electrons. The zero-order valence-electron chi connectivity index (χ0n) is 7.90. The van der Waals surface area contributed by atoms with Crippen LogP contribution >= 0.6 is 31.9 Å². The van der Waals surface area contributed by atoms with Crippen LogP contribution in [0.5, 0.6) is 0 Å². The lowest BCUT2D eigenvalue weighted by Crippen LogP contribution is -1.87. The van der Waals surface area contributed by atoms with Crippen LogP contribution in [-0.2, 0) is 4.74 Å².